The van der Waals surface area contributed by atoms with Crippen LogP contribution in [0.1, 0.15) is 26.3 Å². The minimum Gasteiger partial charge on any atom is -0.497 e. The van der Waals surface area contributed by atoms with Crippen molar-refractivity contribution in [2.75, 3.05) is 7.11 Å². The van der Waals surface area contributed by atoms with E-state index in [1.54, 1.807) is 7.11 Å². The quantitative estimate of drug-likeness (QED) is 0.924. The molecule has 1 atom stereocenters. The van der Waals surface area contributed by atoms with Gasteiger partial charge >= 0.3 is 0 Å². The molecule has 0 aromatic heterocycles. The van der Waals surface area contributed by atoms with Crippen LogP contribution in [0.3, 0.4) is 0 Å². The van der Waals surface area contributed by atoms with Gasteiger partial charge in [0.05, 0.1) is 7.11 Å². The maximum atomic E-state index is 6.18. The van der Waals surface area contributed by atoms with E-state index >= 15 is 0 Å². The number of halogens is 1. The highest BCUT2D eigenvalue weighted by Crippen LogP contribution is 2.27. The van der Waals surface area contributed by atoms with Gasteiger partial charge in [0.15, 0.2) is 0 Å². The third kappa shape index (κ3) is 3.49. The van der Waals surface area contributed by atoms with Gasteiger partial charge in [-0.25, -0.2) is 0 Å². The second-order valence-electron chi connectivity index (χ2n) is 5.13. The lowest BCUT2D eigenvalue weighted by Crippen LogP contribution is -2.36. The van der Waals surface area contributed by atoms with E-state index in [0.717, 1.165) is 16.6 Å². The van der Waals surface area contributed by atoms with Crippen molar-refractivity contribution in [1.82, 2.24) is 0 Å². The van der Waals surface area contributed by atoms with Gasteiger partial charge in [-0.3, -0.25) is 0 Å². The lowest BCUT2D eigenvalue weighted by atomic mass is 9.84. The molecule has 0 aliphatic heterocycles. The van der Waals surface area contributed by atoms with Crippen LogP contribution in [0, 0.1) is 5.41 Å². The van der Waals surface area contributed by atoms with E-state index in [9.17, 15) is 0 Å². The highest BCUT2D eigenvalue weighted by atomic mass is 79.9. The van der Waals surface area contributed by atoms with Crippen LogP contribution in [0.5, 0.6) is 5.75 Å². The number of nitrogens with two attached hydrogens (primary N) is 1. The van der Waals surface area contributed by atoms with Gasteiger partial charge < -0.3 is 10.5 Å². The maximum Gasteiger partial charge on any atom is 0.119 e. The summed E-state index contributed by atoms with van der Waals surface area (Å²) in [5.74, 6) is 0.874. The van der Waals surface area contributed by atoms with Crippen LogP contribution < -0.4 is 10.5 Å². The van der Waals surface area contributed by atoms with Gasteiger partial charge in [0, 0.05) is 10.5 Å². The first-order chi connectivity index (χ1) is 7.34. The average molecular weight is 286 g/mol. The lowest BCUT2D eigenvalue weighted by Gasteiger charge is -2.27. The Morgan fingerprint density at radius 3 is 2.50 bits per heavy atom. The van der Waals surface area contributed by atoms with Crippen LogP contribution in [0.2, 0.25) is 0 Å². The molecule has 0 fully saturated rings. The second kappa shape index (κ2) is 5.19. The Morgan fingerprint density at radius 2 is 2.00 bits per heavy atom. The standard InChI is InChI=1S/C13H20BrNO/c1-13(2,3)12(15)8-9-7-10(16-4)5-6-11(9)14/h5-7,12H,8,15H2,1-4H3. The molecule has 1 aromatic carbocycles. The molecule has 2 nitrogen and oxygen atoms in total. The summed E-state index contributed by atoms with van der Waals surface area (Å²) in [6.07, 6.45) is 0.848. The predicted molar refractivity (Wildman–Crippen MR) is 71.8 cm³/mol. The van der Waals surface area contributed by atoms with Crippen LogP contribution in [0.4, 0.5) is 0 Å². The Bertz CT molecular complexity index is 357. The molecule has 0 aliphatic rings. The van der Waals surface area contributed by atoms with Gasteiger partial charge in [0.2, 0.25) is 0 Å². The summed E-state index contributed by atoms with van der Waals surface area (Å²) >= 11 is 3.54. The Labute approximate surface area is 106 Å². The van der Waals surface area contributed by atoms with Crippen LogP contribution in [-0.2, 0) is 6.42 Å². The van der Waals surface area contributed by atoms with E-state index in [4.69, 9.17) is 10.5 Å². The molecule has 0 amide bonds. The summed E-state index contributed by atoms with van der Waals surface area (Å²) in [6.45, 7) is 6.48. The molecule has 0 saturated carbocycles. The zero-order valence-electron chi connectivity index (χ0n) is 10.4. The number of rotatable bonds is 3. The summed E-state index contributed by atoms with van der Waals surface area (Å²) < 4.78 is 6.31. The number of benzene rings is 1. The average Bonchev–Trinajstić information content (AvgIpc) is 2.19. The van der Waals surface area contributed by atoms with Crippen LogP contribution in [0.25, 0.3) is 0 Å². The van der Waals surface area contributed by atoms with Crippen LogP contribution >= 0.6 is 15.9 Å². The first-order valence-electron chi connectivity index (χ1n) is 5.42. The van der Waals surface area contributed by atoms with Gasteiger partial charge in [-0.2, -0.15) is 0 Å². The van der Waals surface area contributed by atoms with Gasteiger partial charge in [-0.15, -0.1) is 0 Å². The van der Waals surface area contributed by atoms with Crippen molar-refractivity contribution < 1.29 is 4.74 Å². The normalized spacial score (nSPS) is 13.6. The minimum absolute atomic E-state index is 0.114. The van der Waals surface area contributed by atoms with Crippen molar-refractivity contribution in [3.8, 4) is 5.75 Å². The molecule has 3 heteroatoms. The maximum absolute atomic E-state index is 6.18. The Hall–Kier alpha value is -0.540. The summed E-state index contributed by atoms with van der Waals surface area (Å²) in [5, 5.41) is 0. The molecular formula is C13H20BrNO. The summed E-state index contributed by atoms with van der Waals surface area (Å²) in [6, 6.07) is 6.12. The van der Waals surface area contributed by atoms with Gasteiger partial charge in [-0.1, -0.05) is 36.7 Å². The zero-order valence-corrected chi connectivity index (χ0v) is 12.0. The molecular weight excluding hydrogens is 266 g/mol. The molecule has 2 N–H and O–H groups in total. The highest BCUT2D eigenvalue weighted by molar-refractivity contribution is 9.10. The molecule has 1 unspecified atom stereocenters. The van der Waals surface area contributed by atoms with Crippen molar-refractivity contribution in [2.24, 2.45) is 11.1 Å². The Balaban J connectivity index is 2.88. The van der Waals surface area contributed by atoms with E-state index < -0.39 is 0 Å². The summed E-state index contributed by atoms with van der Waals surface area (Å²) in [7, 11) is 1.68. The predicted octanol–water partition coefficient (Wildman–Crippen LogP) is 3.37. The van der Waals surface area contributed by atoms with Gasteiger partial charge in [-0.05, 0) is 35.6 Å². The van der Waals surface area contributed by atoms with Crippen LogP contribution in [-0.4, -0.2) is 13.2 Å². The van der Waals surface area contributed by atoms with Crippen molar-refractivity contribution in [3.05, 3.63) is 28.2 Å². The van der Waals surface area contributed by atoms with Gasteiger partial charge in [0.25, 0.3) is 0 Å². The molecule has 16 heavy (non-hydrogen) atoms. The fraction of sp³-hybridized carbons (Fsp3) is 0.538. The third-order valence-corrected chi connectivity index (χ3v) is 3.58. The second-order valence-corrected chi connectivity index (χ2v) is 5.99. The monoisotopic (exact) mass is 285 g/mol. The lowest BCUT2D eigenvalue weighted by molar-refractivity contribution is 0.318. The smallest absolute Gasteiger partial charge is 0.119 e. The molecule has 0 bridgehead atoms. The van der Waals surface area contributed by atoms with E-state index in [0.29, 0.717) is 0 Å². The van der Waals surface area contributed by atoms with Crippen molar-refractivity contribution in [1.29, 1.82) is 0 Å². The molecule has 0 aliphatic carbocycles. The first kappa shape index (κ1) is 13.5. The largest absolute Gasteiger partial charge is 0.497 e. The molecule has 0 heterocycles. The Kier molecular flexibility index (Phi) is 4.39. The number of hydrogen-bond acceptors (Lipinski definition) is 2. The van der Waals surface area contributed by atoms with E-state index in [-0.39, 0.29) is 11.5 Å². The molecule has 1 aromatic rings. The van der Waals surface area contributed by atoms with Crippen molar-refractivity contribution >= 4 is 15.9 Å². The van der Waals surface area contributed by atoms with Crippen LogP contribution in [0.15, 0.2) is 22.7 Å². The number of ether oxygens (including phenoxy) is 1. The van der Waals surface area contributed by atoms with E-state index in [1.807, 2.05) is 18.2 Å². The number of hydrogen-bond donors (Lipinski definition) is 1. The third-order valence-electron chi connectivity index (χ3n) is 2.81. The molecule has 0 saturated heterocycles. The van der Waals surface area contributed by atoms with Gasteiger partial charge in [0.1, 0.15) is 5.75 Å². The molecule has 0 spiro atoms. The summed E-state index contributed by atoms with van der Waals surface area (Å²) in [5.41, 5.74) is 7.49. The van der Waals surface area contributed by atoms with Crippen molar-refractivity contribution in [2.45, 2.75) is 33.2 Å². The summed E-state index contributed by atoms with van der Waals surface area (Å²) in [4.78, 5) is 0. The highest BCUT2D eigenvalue weighted by Gasteiger charge is 2.21. The molecule has 0 radical (unpaired) electrons. The Morgan fingerprint density at radius 1 is 1.38 bits per heavy atom. The van der Waals surface area contributed by atoms with E-state index in [2.05, 4.69) is 36.7 Å². The SMILES string of the molecule is COc1ccc(Br)c(CC(N)C(C)(C)C)c1. The molecule has 90 valence electrons. The minimum atomic E-state index is 0.114. The first-order valence-corrected chi connectivity index (χ1v) is 6.22. The molecule has 1 rings (SSSR count). The topological polar surface area (TPSA) is 35.2 Å². The number of methoxy groups -OCH3 is 1. The van der Waals surface area contributed by atoms with E-state index in [1.165, 1.54) is 5.56 Å². The fourth-order valence-corrected chi connectivity index (χ4v) is 1.79. The zero-order chi connectivity index (χ0) is 12.3. The van der Waals surface area contributed by atoms with Crippen molar-refractivity contribution in [3.63, 3.8) is 0 Å². The fourth-order valence-electron chi connectivity index (χ4n) is 1.38.